The summed E-state index contributed by atoms with van der Waals surface area (Å²) in [6.07, 6.45) is 0. The maximum Gasteiger partial charge on any atom is 0.255 e. The van der Waals surface area contributed by atoms with Gasteiger partial charge in [0, 0.05) is 21.3 Å². The van der Waals surface area contributed by atoms with Crippen molar-refractivity contribution < 1.29 is 13.2 Å². The average molecular weight is 445 g/mol. The Morgan fingerprint density at radius 1 is 0.966 bits per heavy atom. The summed E-state index contributed by atoms with van der Waals surface area (Å²) in [4.78, 5) is 12.4. The van der Waals surface area contributed by atoms with E-state index in [-0.39, 0.29) is 26.6 Å². The third kappa shape index (κ3) is 4.60. The highest BCUT2D eigenvalue weighted by Gasteiger charge is 2.22. The fourth-order valence-corrected chi connectivity index (χ4v) is 4.58. The predicted molar refractivity (Wildman–Crippen MR) is 112 cm³/mol. The molecule has 0 saturated heterocycles. The number of carbonyl (C=O) groups is 1. The number of nitriles is 1. The third-order valence-electron chi connectivity index (χ3n) is 4.10. The van der Waals surface area contributed by atoms with Crippen LogP contribution in [-0.2, 0) is 9.84 Å². The van der Waals surface area contributed by atoms with Crippen molar-refractivity contribution in [2.75, 3.05) is 5.32 Å². The van der Waals surface area contributed by atoms with E-state index in [9.17, 15) is 18.5 Å². The number of aryl methyl sites for hydroxylation is 1. The summed E-state index contributed by atoms with van der Waals surface area (Å²) in [6, 6.07) is 16.7. The van der Waals surface area contributed by atoms with Gasteiger partial charge in [-0.25, -0.2) is 8.42 Å². The number of amides is 1. The van der Waals surface area contributed by atoms with Crippen LogP contribution in [-0.4, -0.2) is 14.3 Å². The molecular formula is C21H14Cl2N2O3S. The standard InChI is InChI=1S/C21H14Cl2N2O3S/c1-13-2-5-19(6-3-13)29(27,28)20-7-4-18(10-15(20)12-24)25-21(26)14-8-16(22)11-17(23)9-14/h2-11H,1H3,(H,25,26). The normalized spacial score (nSPS) is 11.0. The van der Waals surface area contributed by atoms with Crippen LogP contribution >= 0.6 is 23.2 Å². The van der Waals surface area contributed by atoms with Crippen LogP contribution < -0.4 is 5.32 Å². The summed E-state index contributed by atoms with van der Waals surface area (Å²) in [6.45, 7) is 1.85. The molecule has 0 saturated carbocycles. The lowest BCUT2D eigenvalue weighted by Crippen LogP contribution is -2.13. The molecule has 0 aliphatic carbocycles. The van der Waals surface area contributed by atoms with Crippen LogP contribution in [0.3, 0.4) is 0 Å². The van der Waals surface area contributed by atoms with E-state index in [1.165, 1.54) is 48.5 Å². The molecule has 146 valence electrons. The zero-order valence-corrected chi connectivity index (χ0v) is 17.4. The van der Waals surface area contributed by atoms with E-state index in [0.717, 1.165) is 5.56 Å². The minimum atomic E-state index is -3.88. The summed E-state index contributed by atoms with van der Waals surface area (Å²) >= 11 is 11.8. The van der Waals surface area contributed by atoms with Gasteiger partial charge >= 0.3 is 0 Å². The van der Waals surface area contributed by atoms with E-state index >= 15 is 0 Å². The number of benzene rings is 3. The lowest BCUT2D eigenvalue weighted by atomic mass is 10.2. The fraction of sp³-hybridized carbons (Fsp3) is 0.0476. The molecule has 0 aromatic heterocycles. The molecule has 1 amide bonds. The van der Waals surface area contributed by atoms with E-state index in [0.29, 0.717) is 10.0 Å². The molecule has 3 rings (SSSR count). The van der Waals surface area contributed by atoms with Gasteiger partial charge in [0.15, 0.2) is 0 Å². The van der Waals surface area contributed by atoms with Gasteiger partial charge in [0.1, 0.15) is 6.07 Å². The number of carbonyl (C=O) groups excluding carboxylic acids is 1. The minimum absolute atomic E-state index is 0.0764. The molecule has 0 radical (unpaired) electrons. The largest absolute Gasteiger partial charge is 0.322 e. The van der Waals surface area contributed by atoms with Gasteiger partial charge < -0.3 is 5.32 Å². The van der Waals surface area contributed by atoms with Gasteiger partial charge in [-0.05, 0) is 55.5 Å². The number of nitrogens with zero attached hydrogens (tertiary/aromatic N) is 1. The van der Waals surface area contributed by atoms with Gasteiger partial charge in [-0.2, -0.15) is 5.26 Å². The van der Waals surface area contributed by atoms with E-state index in [1.54, 1.807) is 12.1 Å². The SMILES string of the molecule is Cc1ccc(S(=O)(=O)c2ccc(NC(=O)c3cc(Cl)cc(Cl)c3)cc2C#N)cc1. The van der Waals surface area contributed by atoms with Crippen molar-refractivity contribution in [3.8, 4) is 6.07 Å². The van der Waals surface area contributed by atoms with Crippen molar-refractivity contribution >= 4 is 44.6 Å². The molecule has 0 fully saturated rings. The number of hydrogen-bond donors (Lipinski definition) is 1. The van der Waals surface area contributed by atoms with Crippen molar-refractivity contribution in [1.29, 1.82) is 5.26 Å². The molecule has 29 heavy (non-hydrogen) atoms. The first-order valence-electron chi connectivity index (χ1n) is 8.34. The van der Waals surface area contributed by atoms with Gasteiger partial charge in [0.05, 0.1) is 15.4 Å². The molecule has 0 unspecified atom stereocenters. The number of rotatable bonds is 4. The molecule has 0 bridgehead atoms. The first-order valence-corrected chi connectivity index (χ1v) is 10.6. The summed E-state index contributed by atoms with van der Waals surface area (Å²) in [7, 11) is -3.88. The summed E-state index contributed by atoms with van der Waals surface area (Å²) in [5.74, 6) is -0.493. The molecule has 3 aromatic carbocycles. The maximum atomic E-state index is 12.9. The van der Waals surface area contributed by atoms with Crippen LogP contribution in [0, 0.1) is 18.3 Å². The molecule has 0 atom stereocenters. The third-order valence-corrected chi connectivity index (χ3v) is 6.37. The van der Waals surface area contributed by atoms with Gasteiger partial charge in [0.2, 0.25) is 9.84 Å². The summed E-state index contributed by atoms with van der Waals surface area (Å²) in [5.41, 5.74) is 1.35. The van der Waals surface area contributed by atoms with E-state index in [1.807, 2.05) is 13.0 Å². The van der Waals surface area contributed by atoms with Gasteiger partial charge in [-0.3, -0.25) is 4.79 Å². The molecule has 0 aliphatic heterocycles. The zero-order valence-electron chi connectivity index (χ0n) is 15.1. The summed E-state index contributed by atoms with van der Waals surface area (Å²) < 4.78 is 25.8. The lowest BCUT2D eigenvalue weighted by Gasteiger charge is -2.10. The van der Waals surface area contributed by atoms with E-state index in [2.05, 4.69) is 5.32 Å². The highest BCUT2D eigenvalue weighted by molar-refractivity contribution is 7.91. The molecule has 0 heterocycles. The fourth-order valence-electron chi connectivity index (χ4n) is 2.66. The molecule has 0 spiro atoms. The highest BCUT2D eigenvalue weighted by atomic mass is 35.5. The quantitative estimate of drug-likeness (QED) is 0.594. The zero-order chi connectivity index (χ0) is 21.2. The molecule has 3 aromatic rings. The number of halogens is 2. The lowest BCUT2D eigenvalue weighted by molar-refractivity contribution is 0.102. The monoisotopic (exact) mass is 444 g/mol. The molecule has 0 aliphatic rings. The second-order valence-corrected chi connectivity index (χ2v) is 9.04. The smallest absolute Gasteiger partial charge is 0.255 e. The van der Waals surface area contributed by atoms with E-state index < -0.39 is 15.7 Å². The van der Waals surface area contributed by atoms with Crippen LogP contribution in [0.2, 0.25) is 10.0 Å². The number of anilines is 1. The van der Waals surface area contributed by atoms with Crippen molar-refractivity contribution in [3.63, 3.8) is 0 Å². The first-order chi connectivity index (χ1) is 13.7. The van der Waals surface area contributed by atoms with Gasteiger partial charge in [-0.1, -0.05) is 40.9 Å². The van der Waals surface area contributed by atoms with Crippen molar-refractivity contribution in [1.82, 2.24) is 0 Å². The minimum Gasteiger partial charge on any atom is -0.322 e. The highest BCUT2D eigenvalue weighted by Crippen LogP contribution is 2.27. The Morgan fingerprint density at radius 2 is 1.59 bits per heavy atom. The molecular weight excluding hydrogens is 431 g/mol. The topological polar surface area (TPSA) is 87.0 Å². The number of sulfone groups is 1. The Morgan fingerprint density at radius 3 is 2.17 bits per heavy atom. The Labute approximate surface area is 178 Å². The second kappa shape index (κ2) is 8.26. The van der Waals surface area contributed by atoms with Gasteiger partial charge in [-0.15, -0.1) is 0 Å². The van der Waals surface area contributed by atoms with Crippen molar-refractivity contribution in [3.05, 3.63) is 87.4 Å². The number of hydrogen-bond acceptors (Lipinski definition) is 4. The Bertz CT molecular complexity index is 1230. The van der Waals surface area contributed by atoms with Crippen LogP contribution in [0.15, 0.2) is 70.5 Å². The molecule has 5 nitrogen and oxygen atoms in total. The van der Waals surface area contributed by atoms with Crippen LogP contribution in [0.25, 0.3) is 0 Å². The Balaban J connectivity index is 1.94. The Hall–Kier alpha value is -2.85. The van der Waals surface area contributed by atoms with E-state index in [4.69, 9.17) is 23.2 Å². The summed E-state index contributed by atoms with van der Waals surface area (Å²) in [5, 5.41) is 12.7. The van der Waals surface area contributed by atoms with Crippen LogP contribution in [0.5, 0.6) is 0 Å². The average Bonchev–Trinajstić information content (AvgIpc) is 2.67. The number of nitrogens with one attached hydrogen (secondary N) is 1. The van der Waals surface area contributed by atoms with Crippen molar-refractivity contribution in [2.24, 2.45) is 0 Å². The first kappa shape index (κ1) is 20.9. The van der Waals surface area contributed by atoms with Crippen LogP contribution in [0.1, 0.15) is 21.5 Å². The van der Waals surface area contributed by atoms with Gasteiger partial charge in [0.25, 0.3) is 5.91 Å². The second-order valence-electron chi connectivity index (χ2n) is 6.25. The Kier molecular flexibility index (Phi) is 5.94. The molecule has 1 N–H and O–H groups in total. The van der Waals surface area contributed by atoms with Crippen molar-refractivity contribution in [2.45, 2.75) is 16.7 Å². The molecule has 8 heteroatoms. The predicted octanol–water partition coefficient (Wildman–Crippen LogP) is 5.26. The maximum absolute atomic E-state index is 12.9. The van der Waals surface area contributed by atoms with Crippen LogP contribution in [0.4, 0.5) is 5.69 Å².